The van der Waals surface area contributed by atoms with Crippen LogP contribution in [0.4, 0.5) is 5.69 Å². The van der Waals surface area contributed by atoms with Crippen LogP contribution in [-0.2, 0) is 11.3 Å². The van der Waals surface area contributed by atoms with Gasteiger partial charge in [-0.1, -0.05) is 12.1 Å². The Labute approximate surface area is 211 Å². The van der Waals surface area contributed by atoms with E-state index in [4.69, 9.17) is 5.41 Å². The minimum atomic E-state index is -0.328. The quantitative estimate of drug-likeness (QED) is 0.635. The van der Waals surface area contributed by atoms with E-state index in [1.807, 2.05) is 36.5 Å². The number of aliphatic imine (C=N–C) groups is 2. The highest BCUT2D eigenvalue weighted by molar-refractivity contribution is 6.53. The molecule has 1 unspecified atom stereocenters. The van der Waals surface area contributed by atoms with Gasteiger partial charge in [0.15, 0.2) is 5.84 Å². The average molecular weight is 482 g/mol. The summed E-state index contributed by atoms with van der Waals surface area (Å²) >= 11 is 0. The second-order valence-electron chi connectivity index (χ2n) is 10.1. The highest BCUT2D eigenvalue weighted by atomic mass is 16.1. The highest BCUT2D eigenvalue weighted by Gasteiger charge is 2.27. The summed E-state index contributed by atoms with van der Waals surface area (Å²) in [7, 11) is 0. The van der Waals surface area contributed by atoms with Crippen molar-refractivity contribution in [3.63, 3.8) is 0 Å². The number of benzene rings is 1. The maximum absolute atomic E-state index is 13.2. The molecule has 2 saturated heterocycles. The van der Waals surface area contributed by atoms with Gasteiger partial charge in [0.05, 0.1) is 17.6 Å². The molecule has 4 aliphatic rings. The fourth-order valence-corrected chi connectivity index (χ4v) is 5.30. The number of hydrogen-bond donors (Lipinski definition) is 2. The molecule has 0 radical (unpaired) electrons. The summed E-state index contributed by atoms with van der Waals surface area (Å²) in [6, 6.07) is 9.69. The molecule has 4 aliphatic heterocycles. The molecule has 6 rings (SSSR count). The van der Waals surface area contributed by atoms with Crippen molar-refractivity contribution in [2.75, 3.05) is 44.6 Å². The predicted molar refractivity (Wildman–Crippen MR) is 143 cm³/mol. The third-order valence-corrected chi connectivity index (χ3v) is 7.40. The molecule has 1 amide bonds. The Balaban J connectivity index is 1.17. The molecule has 0 aliphatic carbocycles. The lowest BCUT2D eigenvalue weighted by Gasteiger charge is -2.30. The normalized spacial score (nSPS) is 21.7. The van der Waals surface area contributed by atoms with Crippen LogP contribution >= 0.6 is 0 Å². The van der Waals surface area contributed by atoms with E-state index < -0.39 is 0 Å². The van der Waals surface area contributed by atoms with Crippen LogP contribution in [0.5, 0.6) is 0 Å². The van der Waals surface area contributed by atoms with Gasteiger partial charge in [0.2, 0.25) is 0 Å². The molecule has 0 spiro atoms. The number of aromatic nitrogens is 1. The molecule has 8 nitrogen and oxygen atoms in total. The first-order chi connectivity index (χ1) is 17.6. The van der Waals surface area contributed by atoms with Gasteiger partial charge in [0.1, 0.15) is 5.71 Å². The molecule has 2 aromatic rings. The number of fused-ring (bicyclic) bond motifs is 1. The Morgan fingerprint density at radius 1 is 1.03 bits per heavy atom. The predicted octanol–water partition coefficient (Wildman–Crippen LogP) is 3.23. The molecule has 8 heteroatoms. The van der Waals surface area contributed by atoms with Crippen LogP contribution < -0.4 is 5.32 Å². The third kappa shape index (κ3) is 4.79. The fourth-order valence-electron chi connectivity index (χ4n) is 5.30. The smallest absolute Gasteiger partial charge is 0.275 e. The molecule has 2 fully saturated rings. The van der Waals surface area contributed by atoms with E-state index in [0.29, 0.717) is 22.7 Å². The summed E-state index contributed by atoms with van der Waals surface area (Å²) in [6.45, 7) is 7.29. The van der Waals surface area contributed by atoms with Crippen molar-refractivity contribution in [2.24, 2.45) is 15.9 Å². The molecule has 36 heavy (non-hydrogen) atoms. The van der Waals surface area contributed by atoms with Gasteiger partial charge in [-0.25, -0.2) is 4.99 Å². The Kier molecular flexibility index (Phi) is 6.29. The number of amidine groups is 1. The van der Waals surface area contributed by atoms with E-state index in [1.165, 1.54) is 32.4 Å². The largest absolute Gasteiger partial charge is 0.319 e. The molecule has 1 aromatic heterocycles. The molecule has 1 aromatic carbocycles. The summed E-state index contributed by atoms with van der Waals surface area (Å²) in [5.74, 6) is 0.178. The van der Waals surface area contributed by atoms with Crippen LogP contribution in [0.1, 0.15) is 41.6 Å². The first kappa shape index (κ1) is 22.9. The van der Waals surface area contributed by atoms with Crippen molar-refractivity contribution in [1.82, 2.24) is 14.8 Å². The summed E-state index contributed by atoms with van der Waals surface area (Å²) < 4.78 is 0. The van der Waals surface area contributed by atoms with Gasteiger partial charge < -0.3 is 10.2 Å². The number of carbonyl (C=O) groups excluding carboxylic acids is 1. The standard InChI is InChI=1S/C28H31N7O/c29-27-24-7-4-20(21-12-19(14-30-15-21)17-34-8-1-2-9-34)13-25(24)26(33-27)28(36)32-22-5-6-23(31-16-22)18-35-10-3-11-35/h4-7,12-13,15-16,19,29H,1-3,8-11,14,17-18H2,(H,32,36). The number of nitrogens with zero attached hydrogens (tertiary/aromatic N) is 5. The zero-order valence-electron chi connectivity index (χ0n) is 20.4. The molecule has 0 bridgehead atoms. The van der Waals surface area contributed by atoms with Gasteiger partial charge in [-0.3, -0.25) is 25.1 Å². The minimum absolute atomic E-state index is 0.114. The first-order valence-corrected chi connectivity index (χ1v) is 12.9. The third-order valence-electron chi connectivity index (χ3n) is 7.40. The van der Waals surface area contributed by atoms with Gasteiger partial charge in [0.25, 0.3) is 5.91 Å². The topological polar surface area (TPSA) is 97.0 Å². The van der Waals surface area contributed by atoms with Crippen molar-refractivity contribution < 1.29 is 4.79 Å². The van der Waals surface area contributed by atoms with Gasteiger partial charge in [-0.05, 0) is 80.8 Å². The monoisotopic (exact) mass is 481 g/mol. The summed E-state index contributed by atoms with van der Waals surface area (Å²) in [5.41, 5.74) is 5.31. The number of likely N-dealkylation sites (tertiary alicyclic amines) is 2. The highest BCUT2D eigenvalue weighted by Crippen LogP contribution is 2.27. The Morgan fingerprint density at radius 2 is 1.86 bits per heavy atom. The van der Waals surface area contributed by atoms with E-state index in [1.54, 1.807) is 6.20 Å². The van der Waals surface area contributed by atoms with Crippen LogP contribution in [0, 0.1) is 11.3 Å². The van der Waals surface area contributed by atoms with Crippen LogP contribution in [0.2, 0.25) is 0 Å². The molecular formula is C28H31N7O. The molecule has 2 N–H and O–H groups in total. The van der Waals surface area contributed by atoms with Crippen molar-refractivity contribution >= 4 is 34.9 Å². The Morgan fingerprint density at radius 3 is 2.61 bits per heavy atom. The SMILES string of the molecule is N=C1N=C(C(=O)Nc2ccc(CN3CCC3)nc2)c2cc(C3=CC(CN4CCCC4)CN=C3)ccc21. The molecule has 184 valence electrons. The number of allylic oxidation sites excluding steroid dienone is 1. The molecular weight excluding hydrogens is 450 g/mol. The zero-order valence-corrected chi connectivity index (χ0v) is 20.4. The fraction of sp³-hybridized carbons (Fsp3) is 0.393. The van der Waals surface area contributed by atoms with Crippen molar-refractivity contribution in [3.05, 3.63) is 65.0 Å². The number of carbonyl (C=O) groups is 1. The van der Waals surface area contributed by atoms with Gasteiger partial charge >= 0.3 is 0 Å². The van der Waals surface area contributed by atoms with Crippen LogP contribution in [0.3, 0.4) is 0 Å². The lowest BCUT2D eigenvalue weighted by Crippen LogP contribution is -2.36. The first-order valence-electron chi connectivity index (χ1n) is 12.9. The maximum atomic E-state index is 13.2. The van der Waals surface area contributed by atoms with Crippen LogP contribution in [0.25, 0.3) is 5.57 Å². The summed E-state index contributed by atoms with van der Waals surface area (Å²) in [6.07, 6.45) is 9.73. The van der Waals surface area contributed by atoms with E-state index in [2.05, 4.69) is 36.2 Å². The number of hydrogen-bond acceptors (Lipinski definition) is 6. The van der Waals surface area contributed by atoms with Crippen molar-refractivity contribution in [2.45, 2.75) is 25.8 Å². The number of nitrogens with one attached hydrogen (secondary N) is 2. The van der Waals surface area contributed by atoms with Gasteiger partial charge in [-0.2, -0.15) is 0 Å². The number of rotatable bonds is 7. The summed E-state index contributed by atoms with van der Waals surface area (Å²) in [4.78, 5) is 31.4. The number of dihydropyridines is 1. The molecule has 5 heterocycles. The van der Waals surface area contributed by atoms with E-state index >= 15 is 0 Å². The van der Waals surface area contributed by atoms with E-state index in [0.717, 1.165) is 49.6 Å². The molecule has 0 saturated carbocycles. The van der Waals surface area contributed by atoms with Crippen LogP contribution in [0.15, 0.2) is 52.6 Å². The minimum Gasteiger partial charge on any atom is -0.319 e. The Hall–Kier alpha value is -3.49. The van der Waals surface area contributed by atoms with Crippen molar-refractivity contribution in [1.29, 1.82) is 5.41 Å². The second kappa shape index (κ2) is 9.87. The van der Waals surface area contributed by atoms with E-state index in [9.17, 15) is 4.79 Å². The molecule has 1 atom stereocenters. The average Bonchev–Trinajstić information content (AvgIpc) is 3.50. The lowest BCUT2D eigenvalue weighted by atomic mass is 9.94. The maximum Gasteiger partial charge on any atom is 0.275 e. The summed E-state index contributed by atoms with van der Waals surface area (Å²) in [5, 5.41) is 11.2. The lowest BCUT2D eigenvalue weighted by molar-refractivity contribution is -0.110. The number of amides is 1. The second-order valence-corrected chi connectivity index (χ2v) is 10.1. The van der Waals surface area contributed by atoms with Gasteiger partial charge in [-0.15, -0.1) is 0 Å². The van der Waals surface area contributed by atoms with E-state index in [-0.39, 0.29) is 17.5 Å². The van der Waals surface area contributed by atoms with Gasteiger partial charge in [0, 0.05) is 42.9 Å². The Bertz CT molecular complexity index is 1270. The number of pyridine rings is 1. The number of anilines is 1. The zero-order chi connectivity index (χ0) is 24.5. The van der Waals surface area contributed by atoms with Crippen molar-refractivity contribution in [3.8, 4) is 0 Å². The van der Waals surface area contributed by atoms with Crippen LogP contribution in [-0.4, -0.2) is 77.7 Å².